The molecule has 0 spiro atoms. The molecule has 0 N–H and O–H groups in total. The number of rotatable bonds is 5. The Labute approximate surface area is 295 Å². The minimum Gasteiger partial charge on any atom is -0.486 e. The van der Waals surface area contributed by atoms with Gasteiger partial charge < -0.3 is 14.0 Å². The van der Waals surface area contributed by atoms with Crippen LogP contribution in [0.1, 0.15) is 41.7 Å². The van der Waals surface area contributed by atoms with Crippen molar-refractivity contribution in [2.24, 2.45) is 5.41 Å². The largest absolute Gasteiger partial charge is 0.486 e. The maximum absolute atomic E-state index is 8.75. The van der Waals surface area contributed by atoms with Crippen molar-refractivity contribution in [1.29, 1.82) is 0 Å². The Morgan fingerprint density at radius 2 is 1.68 bits per heavy atom. The van der Waals surface area contributed by atoms with E-state index in [1.54, 1.807) is 0 Å². The molecule has 3 aromatic carbocycles. The zero-order chi connectivity index (χ0) is 34.4. The van der Waals surface area contributed by atoms with E-state index in [4.69, 9.17) is 12.1 Å². The predicted molar refractivity (Wildman–Crippen MR) is 194 cm³/mol. The summed E-state index contributed by atoms with van der Waals surface area (Å²) in [6.07, 6.45) is 0.469. The minimum absolute atomic E-state index is 0. The fourth-order valence-corrected chi connectivity index (χ4v) is 7.12. The zero-order valence-electron chi connectivity index (χ0n) is 30.3. The van der Waals surface area contributed by atoms with Crippen LogP contribution in [-0.4, -0.2) is 27.6 Å². The van der Waals surface area contributed by atoms with Gasteiger partial charge in [0.15, 0.2) is 0 Å². The van der Waals surface area contributed by atoms with E-state index in [2.05, 4.69) is 65.4 Å². The van der Waals surface area contributed by atoms with Gasteiger partial charge in [-0.2, -0.15) is 0 Å². The fraction of sp³-hybridized carbons (Fsp3) is 0.275. The summed E-state index contributed by atoms with van der Waals surface area (Å²) in [5.74, 6) is 0.880. The van der Waals surface area contributed by atoms with Gasteiger partial charge in [-0.15, -0.1) is 54.1 Å². The first kappa shape index (κ1) is 31.7. The fourth-order valence-electron chi connectivity index (χ4n) is 5.73. The molecule has 0 bridgehead atoms. The number of para-hydroxylation sites is 2. The number of furan rings is 1. The van der Waals surface area contributed by atoms with Crippen molar-refractivity contribution in [2.75, 3.05) is 0 Å². The van der Waals surface area contributed by atoms with Crippen molar-refractivity contribution in [3.05, 3.63) is 108 Å². The summed E-state index contributed by atoms with van der Waals surface area (Å²) in [7, 11) is -1.70. The number of hydrogen-bond acceptors (Lipinski definition) is 4. The van der Waals surface area contributed by atoms with E-state index < -0.39 is 19.9 Å². The molecule has 7 rings (SSSR count). The SMILES string of the molecule is CCn1c(-c2[c-]ccc3c2oc2nc(C)ccc23)nc2ccccc21.[2H]C([2H])(c1cc(-c2[c-]cccc2)ncc1[Si](C)(C)C)C(C)(C)C.[Ir]. The smallest absolute Gasteiger partial charge is 0.216 e. The predicted octanol–water partition coefficient (Wildman–Crippen LogP) is 9.81. The van der Waals surface area contributed by atoms with Crippen LogP contribution in [0, 0.1) is 24.5 Å². The van der Waals surface area contributed by atoms with E-state index in [9.17, 15) is 0 Å². The molecule has 0 unspecified atom stereocenters. The van der Waals surface area contributed by atoms with Crippen LogP contribution in [0.4, 0.5) is 0 Å². The number of nitrogens with zero attached hydrogens (tertiary/aromatic N) is 4. The molecular weight excluding hydrogens is 773 g/mol. The summed E-state index contributed by atoms with van der Waals surface area (Å²) < 4.78 is 25.8. The molecule has 0 atom stereocenters. The molecule has 0 aliphatic rings. The van der Waals surface area contributed by atoms with Gasteiger partial charge in [0.05, 0.1) is 30.5 Å². The second kappa shape index (κ2) is 13.7. The van der Waals surface area contributed by atoms with Crippen LogP contribution in [-0.2, 0) is 33.0 Å². The second-order valence-electron chi connectivity index (χ2n) is 13.7. The molecule has 4 heterocycles. The first-order valence-electron chi connectivity index (χ1n) is 16.8. The molecule has 0 amide bonds. The number of aryl methyl sites for hydroxylation is 2. The third-order valence-electron chi connectivity index (χ3n) is 7.84. The number of imidazole rings is 1. The van der Waals surface area contributed by atoms with Gasteiger partial charge in [0.1, 0.15) is 0 Å². The molecule has 5 nitrogen and oxygen atoms in total. The molecule has 0 fully saturated rings. The van der Waals surface area contributed by atoms with E-state index in [0.29, 0.717) is 5.71 Å². The molecule has 0 saturated heterocycles. The molecule has 0 aliphatic heterocycles. The Hall–Kier alpha value is -3.90. The van der Waals surface area contributed by atoms with Crippen LogP contribution >= 0.6 is 0 Å². The van der Waals surface area contributed by atoms with Gasteiger partial charge in [0, 0.05) is 46.7 Å². The summed E-state index contributed by atoms with van der Waals surface area (Å²) in [6, 6.07) is 32.4. The van der Waals surface area contributed by atoms with E-state index in [-0.39, 0.29) is 20.1 Å². The summed E-state index contributed by atoms with van der Waals surface area (Å²) in [5, 5.41) is 3.16. The Balaban J connectivity index is 0.000000188. The van der Waals surface area contributed by atoms with Gasteiger partial charge in [-0.1, -0.05) is 75.1 Å². The van der Waals surface area contributed by atoms with E-state index in [1.165, 1.54) is 0 Å². The first-order chi connectivity index (χ1) is 22.7. The maximum atomic E-state index is 8.75. The molecular formula is C40H42IrN4OSi-2. The van der Waals surface area contributed by atoms with Crippen molar-refractivity contribution >= 4 is 46.4 Å². The molecule has 1 radical (unpaired) electrons. The van der Waals surface area contributed by atoms with Gasteiger partial charge in [-0.05, 0) is 60.8 Å². The summed E-state index contributed by atoms with van der Waals surface area (Å²) in [5.41, 5.74) is 7.37. The number of pyridine rings is 2. The van der Waals surface area contributed by atoms with Crippen LogP contribution < -0.4 is 5.19 Å². The van der Waals surface area contributed by atoms with Crippen LogP contribution in [0.5, 0.6) is 0 Å². The van der Waals surface area contributed by atoms with Crippen molar-refractivity contribution in [1.82, 2.24) is 19.5 Å². The molecule has 243 valence electrons. The summed E-state index contributed by atoms with van der Waals surface area (Å²) in [6.45, 7) is 17.5. The Morgan fingerprint density at radius 1 is 0.915 bits per heavy atom. The van der Waals surface area contributed by atoms with Gasteiger partial charge in [-0.3, -0.25) is 4.98 Å². The third kappa shape index (κ3) is 7.33. The number of aromatic nitrogens is 4. The topological polar surface area (TPSA) is 56.7 Å². The van der Waals surface area contributed by atoms with Gasteiger partial charge in [-0.25, -0.2) is 4.98 Å². The molecule has 4 aromatic heterocycles. The number of fused-ring (bicyclic) bond motifs is 4. The minimum atomic E-state index is -1.70. The van der Waals surface area contributed by atoms with E-state index in [0.717, 1.165) is 73.0 Å². The van der Waals surface area contributed by atoms with Crippen molar-refractivity contribution in [3.63, 3.8) is 0 Å². The normalized spacial score (nSPS) is 12.8. The third-order valence-corrected chi connectivity index (χ3v) is 9.85. The number of benzene rings is 3. The summed E-state index contributed by atoms with van der Waals surface area (Å²) in [4.78, 5) is 14.0. The Morgan fingerprint density at radius 3 is 2.38 bits per heavy atom. The van der Waals surface area contributed by atoms with Crippen LogP contribution in [0.3, 0.4) is 0 Å². The Kier molecular flexibility index (Phi) is 9.22. The van der Waals surface area contributed by atoms with Gasteiger partial charge in [0.25, 0.3) is 0 Å². The van der Waals surface area contributed by atoms with Crippen LogP contribution in [0.15, 0.2) is 89.5 Å². The molecule has 47 heavy (non-hydrogen) atoms. The standard InChI is InChI=1S/C21H16N3O.C19H26NSi.Ir/c1-3-24-18-10-5-4-9-17(18)23-20(24)16-8-6-7-14-15-12-11-13(2)22-21(15)25-19(14)16;1-19(2,3)13-16-12-17(15-10-8-7-9-11-15)20-14-18(16)21(4,5)6;/h4-7,9-12H,3H2,1-2H3;7-10,12,14H,13H2,1-6H3;/q2*-1;/i;13D2;. The van der Waals surface area contributed by atoms with Gasteiger partial charge >= 0.3 is 0 Å². The average Bonchev–Trinajstić information content (AvgIpc) is 3.62. The van der Waals surface area contributed by atoms with Gasteiger partial charge in [0.2, 0.25) is 5.71 Å². The van der Waals surface area contributed by atoms with Crippen molar-refractivity contribution in [3.8, 4) is 22.6 Å². The first-order valence-corrected chi connectivity index (χ1v) is 19.3. The quantitative estimate of drug-likeness (QED) is 0.128. The molecule has 7 aromatic rings. The van der Waals surface area contributed by atoms with Crippen LogP contribution in [0.25, 0.3) is 55.7 Å². The monoisotopic (exact) mass is 817 g/mol. The summed E-state index contributed by atoms with van der Waals surface area (Å²) >= 11 is 0. The average molecular weight is 817 g/mol. The maximum Gasteiger partial charge on any atom is 0.216 e. The van der Waals surface area contributed by atoms with Crippen LogP contribution in [0.2, 0.25) is 19.6 Å². The number of hydrogen-bond donors (Lipinski definition) is 0. The zero-order valence-corrected chi connectivity index (χ0v) is 31.7. The van der Waals surface area contributed by atoms with E-state index >= 15 is 0 Å². The molecule has 7 heteroatoms. The second-order valence-corrected chi connectivity index (χ2v) is 18.7. The molecule has 0 aliphatic carbocycles. The Bertz CT molecular complexity index is 2250. The van der Waals surface area contributed by atoms with Crippen molar-refractivity contribution in [2.45, 2.75) is 67.2 Å². The molecule has 0 saturated carbocycles. The van der Waals surface area contributed by atoms with E-state index in [1.807, 2.05) is 101 Å². The van der Waals surface area contributed by atoms with Crippen molar-refractivity contribution < 1.29 is 27.3 Å².